The fourth-order valence-corrected chi connectivity index (χ4v) is 0.818. The Morgan fingerprint density at radius 1 is 1.56 bits per heavy atom. The molecule has 9 heavy (non-hydrogen) atoms. The fraction of sp³-hybridized carbons (Fsp3) is 0. The molecule has 0 aromatic rings. The monoisotopic (exact) mass is 117 g/mol. The Morgan fingerprint density at radius 3 is 3.44 bits per heavy atom. The third-order valence-electron chi connectivity index (χ3n) is 1.24. The smallest absolute Gasteiger partial charge is 0.137 e. The molecule has 1 N–H and O–H groups in total. The molecule has 0 aromatic carbocycles. The highest BCUT2D eigenvalue weighted by Gasteiger charge is 1.98. The van der Waals surface area contributed by atoms with Crippen LogP contribution in [0.4, 0.5) is 0 Å². The number of nitrogens with zero attached hydrogens (tertiary/aromatic N) is 1. The van der Waals surface area contributed by atoms with Gasteiger partial charge in [-0.3, -0.25) is 0 Å². The van der Waals surface area contributed by atoms with Gasteiger partial charge in [-0.25, -0.2) is 4.98 Å². The van der Waals surface area contributed by atoms with Gasteiger partial charge in [-0.1, -0.05) is 0 Å². The molecular weight excluding hydrogens is 112 g/mol. The van der Waals surface area contributed by atoms with Gasteiger partial charge in [0.2, 0.25) is 0 Å². The Kier molecular flexibility index (Phi) is 0.803. The van der Waals surface area contributed by atoms with Crippen LogP contribution >= 0.6 is 0 Å². The zero-order valence-corrected chi connectivity index (χ0v) is 4.76. The molecule has 2 heterocycles. The Hall–Kier alpha value is -1.31. The van der Waals surface area contributed by atoms with Crippen molar-refractivity contribution in [1.29, 1.82) is 0 Å². The number of aromatic amines is 1. The van der Waals surface area contributed by atoms with Crippen molar-refractivity contribution in [3.05, 3.63) is 30.6 Å². The highest BCUT2D eigenvalue weighted by molar-refractivity contribution is 5.54. The minimum absolute atomic E-state index is 0.900. The number of rotatable bonds is 0. The Morgan fingerprint density at radius 2 is 2.56 bits per heavy atom. The summed E-state index contributed by atoms with van der Waals surface area (Å²) in [7, 11) is 0. The van der Waals surface area contributed by atoms with E-state index in [1.165, 1.54) is 0 Å². The van der Waals surface area contributed by atoms with Crippen LogP contribution in [0.1, 0.15) is 0 Å². The second-order valence-electron chi connectivity index (χ2n) is 1.83. The lowest BCUT2D eigenvalue weighted by Gasteiger charge is -1.91. The van der Waals surface area contributed by atoms with E-state index in [1.54, 1.807) is 6.20 Å². The van der Waals surface area contributed by atoms with Crippen molar-refractivity contribution in [3.63, 3.8) is 0 Å². The van der Waals surface area contributed by atoms with E-state index in [-0.39, 0.29) is 0 Å². The lowest BCUT2D eigenvalue weighted by Crippen LogP contribution is -1.79. The molecule has 0 unspecified atom stereocenters. The first-order valence-electron chi connectivity index (χ1n) is 2.76. The summed E-state index contributed by atoms with van der Waals surface area (Å²) >= 11 is 0. The van der Waals surface area contributed by atoms with Crippen LogP contribution < -0.4 is 0 Å². The number of fused-ring (bicyclic) bond motifs is 1. The average Bonchev–Trinajstić information content (AvgIpc) is 2.33. The molecule has 2 nitrogen and oxygen atoms in total. The summed E-state index contributed by atoms with van der Waals surface area (Å²) in [6.07, 6.45) is 3.58. The molecule has 0 bridgehead atoms. The summed E-state index contributed by atoms with van der Waals surface area (Å²) in [6.45, 7) is 0. The maximum atomic E-state index is 4.03. The van der Waals surface area contributed by atoms with E-state index in [0.29, 0.717) is 0 Å². The maximum Gasteiger partial charge on any atom is 0.137 e. The van der Waals surface area contributed by atoms with Gasteiger partial charge < -0.3 is 4.98 Å². The van der Waals surface area contributed by atoms with Gasteiger partial charge in [0.15, 0.2) is 0 Å². The number of hydrogen-bond acceptors (Lipinski definition) is 1. The van der Waals surface area contributed by atoms with Crippen LogP contribution in [0, 0.1) is 6.07 Å². The van der Waals surface area contributed by atoms with Crippen molar-refractivity contribution in [2.24, 2.45) is 0 Å². The number of H-pyrrole nitrogens is 1. The first kappa shape index (κ1) is 4.56. The van der Waals surface area contributed by atoms with E-state index >= 15 is 0 Å². The number of pyridine rings is 1. The molecule has 2 aliphatic rings. The summed E-state index contributed by atoms with van der Waals surface area (Å²) in [5.41, 5.74) is 1.04. The van der Waals surface area contributed by atoms with Gasteiger partial charge in [0.25, 0.3) is 0 Å². The molecule has 0 fully saturated rings. The van der Waals surface area contributed by atoms with Gasteiger partial charge in [-0.2, -0.15) is 0 Å². The SMILES string of the molecule is [c]1cc[nH]c2nccc1-2. The molecule has 0 saturated heterocycles. The number of hydrogen-bond donors (Lipinski definition) is 1. The van der Waals surface area contributed by atoms with E-state index in [9.17, 15) is 0 Å². The lowest BCUT2D eigenvalue weighted by atomic mass is 10.3. The van der Waals surface area contributed by atoms with Crippen molar-refractivity contribution in [2.45, 2.75) is 0 Å². The minimum atomic E-state index is 0.900. The summed E-state index contributed by atoms with van der Waals surface area (Å²) in [5, 5.41) is 0. The maximum absolute atomic E-state index is 4.03. The predicted molar refractivity (Wildman–Crippen MR) is 34.0 cm³/mol. The molecule has 0 aliphatic carbocycles. The zero-order chi connectivity index (χ0) is 6.10. The number of aromatic nitrogens is 2. The molecule has 0 aromatic heterocycles. The topological polar surface area (TPSA) is 28.7 Å². The average molecular weight is 117 g/mol. The Bertz CT molecular complexity index is 247. The second-order valence-corrected chi connectivity index (χ2v) is 1.83. The van der Waals surface area contributed by atoms with Gasteiger partial charge in [-0.15, -0.1) is 0 Å². The highest BCUT2D eigenvalue weighted by atomic mass is 14.9. The van der Waals surface area contributed by atoms with Crippen LogP contribution in [0.25, 0.3) is 11.4 Å². The third-order valence-corrected chi connectivity index (χ3v) is 1.24. The van der Waals surface area contributed by atoms with Crippen LogP contribution in [-0.2, 0) is 0 Å². The third kappa shape index (κ3) is 0.598. The lowest BCUT2D eigenvalue weighted by molar-refractivity contribution is 1.23. The standard InChI is InChI=1S/C7H5N2/c1-2-6-3-5-9-7(6)8-4-1/h1,3-5H,(H,8,9). The Labute approximate surface area is 52.9 Å². The predicted octanol–water partition coefficient (Wildman–Crippen LogP) is 1.31. The largest absolute Gasteiger partial charge is 0.346 e. The van der Waals surface area contributed by atoms with E-state index in [4.69, 9.17) is 0 Å². The first-order valence-corrected chi connectivity index (χ1v) is 2.76. The van der Waals surface area contributed by atoms with Crippen LogP contribution in [0.2, 0.25) is 0 Å². The van der Waals surface area contributed by atoms with Crippen LogP contribution in [-0.4, -0.2) is 9.97 Å². The van der Waals surface area contributed by atoms with Crippen LogP contribution in [0.5, 0.6) is 0 Å². The van der Waals surface area contributed by atoms with Crippen LogP contribution in [0.3, 0.4) is 0 Å². The van der Waals surface area contributed by atoms with Gasteiger partial charge >= 0.3 is 0 Å². The molecule has 2 rings (SSSR count). The van der Waals surface area contributed by atoms with Crippen molar-refractivity contribution in [3.8, 4) is 11.4 Å². The van der Waals surface area contributed by atoms with Gasteiger partial charge in [0.05, 0.1) is 0 Å². The molecule has 2 aliphatic heterocycles. The molecule has 0 spiro atoms. The van der Waals surface area contributed by atoms with Crippen molar-refractivity contribution >= 4 is 0 Å². The summed E-state index contributed by atoms with van der Waals surface area (Å²) in [4.78, 5) is 7.02. The molecule has 0 saturated carbocycles. The molecular formula is C7H5N2. The van der Waals surface area contributed by atoms with E-state index in [0.717, 1.165) is 11.4 Å². The highest BCUT2D eigenvalue weighted by Crippen LogP contribution is 2.13. The summed E-state index contributed by atoms with van der Waals surface area (Å²) in [5.74, 6) is 0.900. The van der Waals surface area contributed by atoms with E-state index < -0.39 is 0 Å². The molecule has 0 amide bonds. The van der Waals surface area contributed by atoms with Gasteiger partial charge in [0.1, 0.15) is 5.82 Å². The fourth-order valence-electron chi connectivity index (χ4n) is 0.818. The molecule has 0 atom stereocenters. The molecule has 2 heteroatoms. The minimum Gasteiger partial charge on any atom is -0.346 e. The summed E-state index contributed by atoms with van der Waals surface area (Å²) < 4.78 is 0. The van der Waals surface area contributed by atoms with Crippen LogP contribution in [0.15, 0.2) is 24.5 Å². The summed E-state index contributed by atoms with van der Waals surface area (Å²) in [6, 6.07) is 6.80. The number of nitrogens with one attached hydrogen (secondary N) is 1. The molecule has 43 valence electrons. The van der Waals surface area contributed by atoms with Gasteiger partial charge in [-0.05, 0) is 18.2 Å². The Balaban J connectivity index is 2.79. The van der Waals surface area contributed by atoms with Crippen molar-refractivity contribution < 1.29 is 0 Å². The first-order chi connectivity index (χ1) is 4.47. The normalized spacial score (nSPS) is 10.2. The molecule has 1 radical (unpaired) electrons. The van der Waals surface area contributed by atoms with Gasteiger partial charge in [0, 0.05) is 18.0 Å². The second kappa shape index (κ2) is 1.58. The quantitative estimate of drug-likeness (QED) is 0.553. The van der Waals surface area contributed by atoms with Crippen molar-refractivity contribution in [1.82, 2.24) is 9.97 Å². The van der Waals surface area contributed by atoms with E-state index in [1.807, 2.05) is 18.3 Å². The van der Waals surface area contributed by atoms with Crippen molar-refractivity contribution in [2.75, 3.05) is 0 Å². The van der Waals surface area contributed by atoms with E-state index in [2.05, 4.69) is 16.0 Å². The zero-order valence-electron chi connectivity index (χ0n) is 4.76.